The summed E-state index contributed by atoms with van der Waals surface area (Å²) in [5.74, 6) is 0.608. The number of hydrogen-bond donors (Lipinski definition) is 1. The Labute approximate surface area is 167 Å². The third-order valence-corrected chi connectivity index (χ3v) is 6.95. The minimum atomic E-state index is 0.608. The summed E-state index contributed by atoms with van der Waals surface area (Å²) < 4.78 is 2.41. The highest BCUT2D eigenvalue weighted by molar-refractivity contribution is 14.1. The first kappa shape index (κ1) is 17.3. The molecule has 0 bridgehead atoms. The van der Waals surface area contributed by atoms with Gasteiger partial charge in [-0.2, -0.15) is 0 Å². The largest absolute Gasteiger partial charge is 0.383 e. The monoisotopic (exact) mass is 466 g/mol. The SMILES string of the molecule is NC(=Nc1ccc2c(c1)CCCN2C1CCN(I)CC1)c1cccs1. The van der Waals surface area contributed by atoms with E-state index in [9.17, 15) is 0 Å². The number of thiophene rings is 1. The fraction of sp³-hybridized carbons (Fsp3) is 0.421. The standard InChI is InChI=1S/C19H23IN4S/c20-23-10-7-16(8-11-23)24-9-1-3-14-13-15(5-6-17(14)24)22-19(21)18-4-2-12-25-18/h2,4-6,12-13,16H,1,3,7-11H2,(H2,21,22). The van der Waals surface area contributed by atoms with Gasteiger partial charge < -0.3 is 10.6 Å². The van der Waals surface area contributed by atoms with E-state index in [1.807, 2.05) is 17.5 Å². The van der Waals surface area contributed by atoms with Gasteiger partial charge in [0.2, 0.25) is 0 Å². The number of nitrogens with two attached hydrogens (primary N) is 1. The second-order valence-electron chi connectivity index (χ2n) is 6.73. The molecule has 6 heteroatoms. The van der Waals surface area contributed by atoms with E-state index in [1.165, 1.54) is 50.1 Å². The first-order chi connectivity index (χ1) is 12.2. The van der Waals surface area contributed by atoms with Crippen molar-refractivity contribution in [2.24, 2.45) is 10.7 Å². The molecule has 0 aliphatic carbocycles. The molecule has 0 unspecified atom stereocenters. The third-order valence-electron chi connectivity index (χ3n) is 5.09. The van der Waals surface area contributed by atoms with Crippen molar-refractivity contribution in [1.29, 1.82) is 0 Å². The average molecular weight is 466 g/mol. The Balaban J connectivity index is 1.57. The Morgan fingerprint density at radius 1 is 1.20 bits per heavy atom. The van der Waals surface area contributed by atoms with Gasteiger partial charge in [0.25, 0.3) is 0 Å². The third kappa shape index (κ3) is 3.85. The second kappa shape index (κ2) is 7.63. The highest BCUT2D eigenvalue weighted by atomic mass is 127. The summed E-state index contributed by atoms with van der Waals surface area (Å²) >= 11 is 4.08. The van der Waals surface area contributed by atoms with Crippen molar-refractivity contribution in [1.82, 2.24) is 3.11 Å². The molecule has 2 aromatic rings. The number of halogens is 1. The lowest BCUT2D eigenvalue weighted by Gasteiger charge is -2.41. The minimum Gasteiger partial charge on any atom is -0.383 e. The molecule has 25 heavy (non-hydrogen) atoms. The van der Waals surface area contributed by atoms with Crippen molar-refractivity contribution in [2.45, 2.75) is 31.7 Å². The van der Waals surface area contributed by atoms with Gasteiger partial charge in [-0.05, 0) is 60.9 Å². The van der Waals surface area contributed by atoms with Gasteiger partial charge in [-0.3, -0.25) is 0 Å². The number of nitrogens with zero attached hydrogens (tertiary/aromatic N) is 3. The Bertz CT molecular complexity index is 751. The van der Waals surface area contributed by atoms with Crippen LogP contribution in [-0.2, 0) is 6.42 Å². The predicted molar refractivity (Wildman–Crippen MR) is 115 cm³/mol. The summed E-state index contributed by atoms with van der Waals surface area (Å²) in [5, 5.41) is 2.03. The van der Waals surface area contributed by atoms with Crippen LogP contribution in [-0.4, -0.2) is 34.6 Å². The number of fused-ring (bicyclic) bond motifs is 1. The van der Waals surface area contributed by atoms with E-state index in [-0.39, 0.29) is 0 Å². The molecular weight excluding hydrogens is 443 g/mol. The van der Waals surface area contributed by atoms with Crippen LogP contribution >= 0.6 is 34.2 Å². The summed E-state index contributed by atoms with van der Waals surface area (Å²) in [6.07, 6.45) is 4.88. The summed E-state index contributed by atoms with van der Waals surface area (Å²) in [6.45, 7) is 3.56. The first-order valence-electron chi connectivity index (χ1n) is 8.89. The lowest BCUT2D eigenvalue weighted by molar-refractivity contribution is 0.349. The van der Waals surface area contributed by atoms with E-state index in [0.29, 0.717) is 11.9 Å². The Morgan fingerprint density at radius 3 is 2.80 bits per heavy atom. The number of amidine groups is 1. The molecule has 0 saturated carbocycles. The number of anilines is 1. The molecule has 132 valence electrons. The zero-order valence-electron chi connectivity index (χ0n) is 14.2. The highest BCUT2D eigenvalue weighted by Gasteiger charge is 2.27. The fourth-order valence-electron chi connectivity index (χ4n) is 3.83. The van der Waals surface area contributed by atoms with E-state index in [4.69, 9.17) is 5.73 Å². The maximum absolute atomic E-state index is 6.15. The molecular formula is C19H23IN4S. The molecule has 4 nitrogen and oxygen atoms in total. The number of aryl methyl sites for hydroxylation is 1. The molecule has 2 aliphatic rings. The summed E-state index contributed by atoms with van der Waals surface area (Å²) in [6, 6.07) is 11.3. The molecule has 1 saturated heterocycles. The molecule has 0 spiro atoms. The Kier molecular flexibility index (Phi) is 5.28. The molecule has 0 atom stereocenters. The smallest absolute Gasteiger partial charge is 0.141 e. The van der Waals surface area contributed by atoms with Gasteiger partial charge in [0, 0.05) is 54.2 Å². The highest BCUT2D eigenvalue weighted by Crippen LogP contribution is 2.34. The normalized spacial score (nSPS) is 19.9. The van der Waals surface area contributed by atoms with E-state index < -0.39 is 0 Å². The van der Waals surface area contributed by atoms with Crippen LogP contribution in [0.3, 0.4) is 0 Å². The zero-order valence-corrected chi connectivity index (χ0v) is 17.2. The van der Waals surface area contributed by atoms with E-state index in [2.05, 4.69) is 54.1 Å². The van der Waals surface area contributed by atoms with Gasteiger partial charge in [0.05, 0.1) is 10.6 Å². The first-order valence-corrected chi connectivity index (χ1v) is 10.7. The lowest BCUT2D eigenvalue weighted by Crippen LogP contribution is -2.44. The van der Waals surface area contributed by atoms with E-state index >= 15 is 0 Å². The van der Waals surface area contributed by atoms with Crippen LogP contribution in [0.4, 0.5) is 11.4 Å². The van der Waals surface area contributed by atoms with Crippen molar-refractivity contribution < 1.29 is 0 Å². The molecule has 1 fully saturated rings. The van der Waals surface area contributed by atoms with Crippen LogP contribution < -0.4 is 10.6 Å². The van der Waals surface area contributed by atoms with Crippen LogP contribution in [0.5, 0.6) is 0 Å². The van der Waals surface area contributed by atoms with E-state index in [1.54, 1.807) is 11.3 Å². The Hall–Kier alpha value is -1.12. The van der Waals surface area contributed by atoms with Crippen LogP contribution in [0.2, 0.25) is 0 Å². The molecule has 0 radical (unpaired) electrons. The number of aliphatic imine (C=N–C) groups is 1. The Morgan fingerprint density at radius 2 is 2.04 bits per heavy atom. The summed E-state index contributed by atoms with van der Waals surface area (Å²) in [5.41, 5.74) is 9.94. The quantitative estimate of drug-likeness (QED) is 0.317. The molecule has 2 N–H and O–H groups in total. The van der Waals surface area contributed by atoms with Crippen LogP contribution in [0, 0.1) is 0 Å². The second-order valence-corrected chi connectivity index (χ2v) is 9.04. The van der Waals surface area contributed by atoms with Gasteiger partial charge in [0.1, 0.15) is 5.84 Å². The summed E-state index contributed by atoms with van der Waals surface area (Å²) in [7, 11) is 0. The van der Waals surface area contributed by atoms with Crippen molar-refractivity contribution in [3.8, 4) is 0 Å². The van der Waals surface area contributed by atoms with Crippen LogP contribution in [0.15, 0.2) is 40.7 Å². The molecule has 1 aromatic carbocycles. The maximum atomic E-state index is 6.15. The molecule has 4 rings (SSSR count). The minimum absolute atomic E-state index is 0.608. The predicted octanol–water partition coefficient (Wildman–Crippen LogP) is 4.35. The fourth-order valence-corrected chi connectivity index (χ4v) is 5.01. The van der Waals surface area contributed by atoms with Crippen molar-refractivity contribution >= 4 is 51.4 Å². The molecule has 1 aromatic heterocycles. The van der Waals surface area contributed by atoms with Gasteiger partial charge in [0.15, 0.2) is 0 Å². The number of piperidine rings is 1. The van der Waals surface area contributed by atoms with Crippen molar-refractivity contribution in [2.75, 3.05) is 24.5 Å². The van der Waals surface area contributed by atoms with Crippen molar-refractivity contribution in [3.05, 3.63) is 46.2 Å². The van der Waals surface area contributed by atoms with Crippen LogP contribution in [0.25, 0.3) is 0 Å². The average Bonchev–Trinajstić information content (AvgIpc) is 3.17. The van der Waals surface area contributed by atoms with Crippen molar-refractivity contribution in [3.63, 3.8) is 0 Å². The number of rotatable bonds is 3. The maximum Gasteiger partial charge on any atom is 0.141 e. The van der Waals surface area contributed by atoms with E-state index in [0.717, 1.165) is 17.0 Å². The lowest BCUT2D eigenvalue weighted by atomic mass is 9.96. The summed E-state index contributed by atoms with van der Waals surface area (Å²) in [4.78, 5) is 8.31. The number of benzene rings is 1. The molecule has 3 heterocycles. The van der Waals surface area contributed by atoms with Gasteiger partial charge in [-0.15, -0.1) is 11.3 Å². The number of hydrogen-bond acceptors (Lipinski definition) is 4. The van der Waals surface area contributed by atoms with Crippen LogP contribution in [0.1, 0.15) is 29.7 Å². The van der Waals surface area contributed by atoms with Gasteiger partial charge >= 0.3 is 0 Å². The molecule has 0 amide bonds. The van der Waals surface area contributed by atoms with Gasteiger partial charge in [-0.25, -0.2) is 8.11 Å². The van der Waals surface area contributed by atoms with Gasteiger partial charge in [-0.1, -0.05) is 6.07 Å². The molecule has 2 aliphatic heterocycles. The zero-order chi connectivity index (χ0) is 17.2. The topological polar surface area (TPSA) is 44.9 Å².